The van der Waals surface area contributed by atoms with Gasteiger partial charge < -0.3 is 57.2 Å². The summed E-state index contributed by atoms with van der Waals surface area (Å²) in [6.45, 7) is 14.9. The minimum Gasteiger partial charge on any atom is -0.497 e. The zero-order valence-corrected chi connectivity index (χ0v) is 78.2. The Labute approximate surface area is 766 Å². The van der Waals surface area contributed by atoms with Gasteiger partial charge in [0.05, 0.1) is 96.8 Å². The maximum Gasteiger partial charge on any atom is 0.307 e. The number of nitrogens with zero attached hydrogens (tertiary/aromatic N) is 4. The van der Waals surface area contributed by atoms with Crippen LogP contribution in [-0.4, -0.2) is 195 Å². The zero-order chi connectivity index (χ0) is 94.7. The van der Waals surface area contributed by atoms with Crippen molar-refractivity contribution in [3.8, 4) is 68.8 Å². The number of fused-ring (bicyclic) bond motifs is 8. The maximum atomic E-state index is 15.2. The van der Waals surface area contributed by atoms with Crippen LogP contribution in [0.3, 0.4) is 0 Å². The van der Waals surface area contributed by atoms with Crippen LogP contribution in [-0.2, 0) is 67.9 Å². The van der Waals surface area contributed by atoms with E-state index < -0.39 is 184 Å². The Balaban J connectivity index is 0.000000202. The Morgan fingerprint density at radius 2 is 0.864 bits per heavy atom. The molecule has 132 heavy (non-hydrogen) atoms. The molecule has 6 aromatic rings. The summed E-state index contributed by atoms with van der Waals surface area (Å²) in [6.07, 6.45) is 10.1. The van der Waals surface area contributed by atoms with Crippen LogP contribution in [0.25, 0.3) is 44.1 Å². The molecule has 4 aromatic carbocycles. The van der Waals surface area contributed by atoms with Gasteiger partial charge in [0, 0.05) is 61.4 Å². The highest BCUT2D eigenvalue weighted by atomic mass is 32.2. The minimum absolute atomic E-state index is 0.0201. The summed E-state index contributed by atoms with van der Waals surface area (Å²) in [5.74, 6) is -12.1. The van der Waals surface area contributed by atoms with Gasteiger partial charge in [-0.1, -0.05) is 52.0 Å². The van der Waals surface area contributed by atoms with Crippen LogP contribution >= 0.6 is 0 Å². The molecule has 10 aliphatic rings. The Kier molecular flexibility index (Phi) is 27.4. The summed E-state index contributed by atoms with van der Waals surface area (Å²) in [5.41, 5.74) is -4.58. The van der Waals surface area contributed by atoms with Crippen LogP contribution in [0.2, 0.25) is 0 Å². The van der Waals surface area contributed by atoms with Gasteiger partial charge in [0.2, 0.25) is 55.4 Å². The van der Waals surface area contributed by atoms with E-state index in [1.54, 1.807) is 50.6 Å². The molecule has 0 radical (unpaired) electrons. The Morgan fingerprint density at radius 1 is 0.492 bits per heavy atom. The van der Waals surface area contributed by atoms with Gasteiger partial charge in [-0.2, -0.15) is 0 Å². The number of esters is 2. The molecule has 0 spiro atoms. The first kappa shape index (κ1) is 96.0. The summed E-state index contributed by atoms with van der Waals surface area (Å²) in [4.78, 5) is 128. The lowest BCUT2D eigenvalue weighted by molar-refractivity contribution is -0.197. The van der Waals surface area contributed by atoms with Crippen LogP contribution in [0.4, 0.5) is 17.6 Å². The number of rotatable bonds is 22. The Hall–Kier alpha value is -10.6. The van der Waals surface area contributed by atoms with Crippen LogP contribution in [0, 0.1) is 58.2 Å². The third-order valence-electron chi connectivity index (χ3n) is 28.2. The normalized spacial score (nSPS) is 27.7. The average Bonchev–Trinajstić information content (AvgIpc) is 1.57. The van der Waals surface area contributed by atoms with E-state index in [0.717, 1.165) is 38.5 Å². The number of carbonyl (C=O) groups is 8. The first-order valence-corrected chi connectivity index (χ1v) is 48.9. The molecular formula is C98H118F4N6O22S2. The molecule has 4 saturated carbocycles. The summed E-state index contributed by atoms with van der Waals surface area (Å²) in [7, 11) is -4.77. The molecule has 2 saturated heterocycles. The predicted molar refractivity (Wildman–Crippen MR) is 479 cm³/mol. The van der Waals surface area contributed by atoms with Crippen LogP contribution in [0.15, 0.2) is 109 Å². The van der Waals surface area contributed by atoms with Gasteiger partial charge in [0.1, 0.15) is 50.1 Å². The van der Waals surface area contributed by atoms with Crippen molar-refractivity contribution in [2.45, 2.75) is 243 Å². The number of pyridine rings is 2. The van der Waals surface area contributed by atoms with Gasteiger partial charge in [-0.05, 0) is 236 Å². The Bertz CT molecular complexity index is 5430. The molecule has 712 valence electrons. The van der Waals surface area contributed by atoms with Gasteiger partial charge in [-0.3, -0.25) is 47.8 Å². The van der Waals surface area contributed by atoms with E-state index in [1.807, 2.05) is 101 Å². The van der Waals surface area contributed by atoms with Gasteiger partial charge in [0.25, 0.3) is 11.8 Å². The number of hydrogen-bond donors (Lipinski definition) is 2. The van der Waals surface area contributed by atoms with Gasteiger partial charge in [0.15, 0.2) is 45.8 Å². The second-order valence-electron chi connectivity index (χ2n) is 39.1. The average molecular weight is 1870 g/mol. The molecule has 0 bridgehead atoms. The van der Waals surface area contributed by atoms with E-state index in [2.05, 4.69) is 9.44 Å². The monoisotopic (exact) mass is 1870 g/mol. The van der Waals surface area contributed by atoms with E-state index in [1.165, 1.54) is 9.80 Å². The number of hydrogen-bond acceptors (Lipinski definition) is 24. The molecular weight excluding hydrogens is 1750 g/mol. The predicted octanol–water partition coefficient (Wildman–Crippen LogP) is 15.2. The fourth-order valence-corrected chi connectivity index (χ4v) is 21.8. The number of sulfonamides is 2. The summed E-state index contributed by atoms with van der Waals surface area (Å²) >= 11 is 0. The minimum atomic E-state index is -3.94. The lowest BCUT2D eigenvalue weighted by Gasteiger charge is -2.34. The summed E-state index contributed by atoms with van der Waals surface area (Å²) < 4.78 is 174. The third-order valence-corrected chi connectivity index (χ3v) is 31.8. The van der Waals surface area contributed by atoms with Crippen molar-refractivity contribution in [2.75, 3.05) is 53.7 Å². The first-order chi connectivity index (χ1) is 62.3. The standard InChI is InChI=1S/2C49H59F2N3O11S/c2*1-28-9-7-8-10-32-25-49(32,46(58)53-66(59,60)35-13-14-35)26-40(55)39-23-34(27-54(39)45(57)37(29(2)19-28)24-43(56)65-47(3,4)48(5,50)51)64-44-36-15-12-33(61-6)20-31(36)21-38(52-44)30-11-16-41-42(22-30)63-18-17-62-41/h2*8,10-12,15-16,20-22,28-29,32,34-35,37,39H,7,9,13-14,17-19,23-27H2,1-6H3,(H,53,58)/b2*10-8-/t28-,29+,32+,34?,37-,39-,49+;28-,29-,32-,34?,37+,39+,49-/m01/s1. The van der Waals surface area contributed by atoms with E-state index in [4.69, 9.17) is 57.3 Å². The summed E-state index contributed by atoms with van der Waals surface area (Å²) in [5, 5.41) is 1.38. The quantitative estimate of drug-likeness (QED) is 0.0362. The van der Waals surface area contributed by atoms with Crippen LogP contribution in [0.5, 0.6) is 46.3 Å². The third kappa shape index (κ3) is 21.1. The molecule has 16 rings (SSSR count). The van der Waals surface area contributed by atoms with Crippen molar-refractivity contribution >= 4 is 88.7 Å². The number of ether oxygens (including phenoxy) is 10. The van der Waals surface area contributed by atoms with E-state index in [0.29, 0.717) is 172 Å². The molecule has 4 aliphatic carbocycles. The fourth-order valence-electron chi connectivity index (χ4n) is 19.0. The van der Waals surface area contributed by atoms with Crippen LogP contribution < -0.4 is 47.3 Å². The number of methoxy groups -OCH3 is 2. The van der Waals surface area contributed by atoms with Crippen molar-refractivity contribution in [1.82, 2.24) is 29.2 Å². The van der Waals surface area contributed by atoms with Gasteiger partial charge in [-0.15, -0.1) is 0 Å². The number of Topliss-reactive ketones (excluding diaryl/α,β-unsaturated/α-hetero) is 2. The molecule has 28 nitrogen and oxygen atoms in total. The highest BCUT2D eigenvalue weighted by Gasteiger charge is 2.64. The number of carbonyl (C=O) groups excluding carboxylic acids is 8. The van der Waals surface area contributed by atoms with Crippen molar-refractivity contribution < 1.29 is 120 Å². The number of amides is 4. The smallest absolute Gasteiger partial charge is 0.307 e. The highest BCUT2D eigenvalue weighted by Crippen LogP contribution is 2.59. The number of allylic oxidation sites excluding steroid dienone is 4. The number of nitrogens with one attached hydrogen (secondary N) is 2. The summed E-state index contributed by atoms with van der Waals surface area (Å²) in [6, 6.07) is 23.3. The van der Waals surface area contributed by atoms with E-state index in [9.17, 15) is 63.2 Å². The molecule has 2 N–H and O–H groups in total. The fraction of sp³-hybridized carbons (Fsp3) is 0.571. The molecule has 2 unspecified atom stereocenters. The largest absolute Gasteiger partial charge is 0.497 e. The second kappa shape index (κ2) is 37.7. The molecule has 8 heterocycles. The van der Waals surface area contributed by atoms with E-state index in [-0.39, 0.29) is 75.2 Å². The Morgan fingerprint density at radius 3 is 1.22 bits per heavy atom. The molecule has 14 atom stereocenters. The second-order valence-corrected chi connectivity index (χ2v) is 43.0. The van der Waals surface area contributed by atoms with Crippen molar-refractivity contribution in [1.29, 1.82) is 0 Å². The van der Waals surface area contributed by atoms with Crippen molar-refractivity contribution in [3.05, 3.63) is 109 Å². The first-order valence-electron chi connectivity index (χ1n) is 45.8. The zero-order valence-electron chi connectivity index (χ0n) is 76.5. The molecule has 4 amide bonds. The van der Waals surface area contributed by atoms with Crippen LogP contribution in [0.1, 0.15) is 185 Å². The molecule has 2 aromatic heterocycles. The molecule has 34 heteroatoms. The van der Waals surface area contributed by atoms with Gasteiger partial charge >= 0.3 is 11.9 Å². The number of ketones is 2. The molecule has 6 aliphatic heterocycles. The van der Waals surface area contributed by atoms with Crippen molar-refractivity contribution in [3.63, 3.8) is 0 Å². The number of halogens is 4. The lowest BCUT2D eigenvalue weighted by atomic mass is 9.82. The molecule has 6 fully saturated rings. The van der Waals surface area contributed by atoms with E-state index >= 15 is 9.59 Å². The topological polar surface area (TPSA) is 353 Å². The SMILES string of the molecule is COc1ccc2c(OC3C[C@H]4C(=O)C[C@]5(C(=O)NS(=O)(=O)C6CC6)C[C@H]5/C=C\CC[C@@H](C)C[C@@H](C)[C@H](CC(=O)OC(C)(C)C(C)(F)F)C(=O)N4C3)nc(-c3ccc4c(c3)OCCO4)cc2c1.COc1ccc2c(OC3C[C@H]4C(=O)C[C@]5(C(=O)NS(=O)(=O)C6CC6)C[C@H]5/C=C\CC[C@H](C)C[C@@H](C)[C@H](CC(=O)OC(C)(C)C(C)(F)F)C(=O)N4C3)nc(-c3ccc4c(c3)OCCO4)cc2c1. The van der Waals surface area contributed by atoms with Gasteiger partial charge in [-0.25, -0.2) is 44.4 Å². The number of benzene rings is 4. The number of aromatic nitrogens is 2. The highest BCUT2D eigenvalue weighted by molar-refractivity contribution is 7.91. The number of alkyl halides is 4. The maximum absolute atomic E-state index is 15.2. The lowest BCUT2D eigenvalue weighted by Crippen LogP contribution is -2.48. The van der Waals surface area contributed by atoms with Crippen molar-refractivity contribution in [2.24, 2.45) is 58.2 Å².